The molecule has 0 saturated heterocycles. The number of aryl methyl sites for hydroxylation is 1. The van der Waals surface area contributed by atoms with Gasteiger partial charge < -0.3 is 14.8 Å². The van der Waals surface area contributed by atoms with Gasteiger partial charge in [-0.05, 0) is 44.5 Å². The molecule has 2 aromatic carbocycles. The fourth-order valence-electron chi connectivity index (χ4n) is 3.57. The van der Waals surface area contributed by atoms with Crippen molar-refractivity contribution < 1.29 is 24.0 Å². The zero-order chi connectivity index (χ0) is 23.0. The Labute approximate surface area is 182 Å². The van der Waals surface area contributed by atoms with Gasteiger partial charge in [0, 0.05) is 17.2 Å². The lowest BCUT2D eigenvalue weighted by atomic mass is 10.1. The Bertz CT molecular complexity index is 1250. The number of hydrogen-bond acceptors (Lipinski definition) is 7. The number of ether oxygens (including phenoxy) is 2. The molecule has 1 aromatic heterocycles. The monoisotopic (exact) mass is 436 g/mol. The molecule has 0 saturated carbocycles. The van der Waals surface area contributed by atoms with Gasteiger partial charge in [-0.25, -0.2) is 0 Å². The van der Waals surface area contributed by atoms with E-state index in [1.165, 1.54) is 6.92 Å². The quantitative estimate of drug-likeness (QED) is 0.355. The van der Waals surface area contributed by atoms with Crippen molar-refractivity contribution in [3.63, 3.8) is 0 Å². The fraction of sp³-hybridized carbons (Fsp3) is 0.227. The molecule has 0 atom stereocenters. The largest absolute Gasteiger partial charge is 0.454 e. The smallest absolute Gasteiger partial charge is 0.312 e. The van der Waals surface area contributed by atoms with Crippen LogP contribution in [-0.4, -0.2) is 33.2 Å². The number of rotatable bonds is 6. The number of benzene rings is 2. The molecule has 10 nitrogen and oxygen atoms in total. The van der Waals surface area contributed by atoms with E-state index in [4.69, 9.17) is 9.47 Å². The maximum absolute atomic E-state index is 12.7. The topological polar surface area (TPSA) is 126 Å². The lowest BCUT2D eigenvalue weighted by molar-refractivity contribution is -0.386. The second-order valence-corrected chi connectivity index (χ2v) is 7.39. The molecule has 1 aliphatic heterocycles. The van der Waals surface area contributed by atoms with Crippen LogP contribution in [0.1, 0.15) is 44.6 Å². The molecular weight excluding hydrogens is 416 g/mol. The SMILES string of the molecule is CC(=O)c1cc2c(cc1NC(=O)c1ccc(Cn3nc(C)c([N+](=O)[O-])c3C)cc1)OCO2. The number of nitrogens with one attached hydrogen (secondary N) is 1. The van der Waals surface area contributed by atoms with Crippen LogP contribution in [0.2, 0.25) is 0 Å². The first-order chi connectivity index (χ1) is 15.2. The minimum Gasteiger partial charge on any atom is -0.454 e. The van der Waals surface area contributed by atoms with Crippen molar-refractivity contribution in [3.05, 3.63) is 74.6 Å². The van der Waals surface area contributed by atoms with Crippen molar-refractivity contribution in [1.29, 1.82) is 0 Å². The van der Waals surface area contributed by atoms with Crippen molar-refractivity contribution in [3.8, 4) is 11.5 Å². The van der Waals surface area contributed by atoms with Gasteiger partial charge in [-0.2, -0.15) is 5.10 Å². The first kappa shape index (κ1) is 21.0. The molecule has 0 radical (unpaired) electrons. The number of carbonyl (C=O) groups excluding carboxylic acids is 2. The number of Topliss-reactive ketones (excluding diaryl/α,β-unsaturated/α-hetero) is 1. The van der Waals surface area contributed by atoms with E-state index >= 15 is 0 Å². The summed E-state index contributed by atoms with van der Waals surface area (Å²) in [5, 5.41) is 18.2. The second-order valence-electron chi connectivity index (χ2n) is 7.39. The molecule has 0 spiro atoms. The highest BCUT2D eigenvalue weighted by Gasteiger charge is 2.22. The molecular formula is C22H20N4O6. The average Bonchev–Trinajstić information content (AvgIpc) is 3.30. The Morgan fingerprint density at radius 3 is 2.41 bits per heavy atom. The summed E-state index contributed by atoms with van der Waals surface area (Å²) >= 11 is 0. The highest BCUT2D eigenvalue weighted by molar-refractivity contribution is 6.09. The normalized spacial score (nSPS) is 12.0. The van der Waals surface area contributed by atoms with Gasteiger partial charge in [0.1, 0.15) is 11.4 Å². The van der Waals surface area contributed by atoms with Crippen molar-refractivity contribution >= 4 is 23.1 Å². The molecule has 1 aliphatic rings. The number of ketones is 1. The Morgan fingerprint density at radius 1 is 1.16 bits per heavy atom. The number of fused-ring (bicyclic) bond motifs is 1. The van der Waals surface area contributed by atoms with Crippen molar-refractivity contribution in [1.82, 2.24) is 9.78 Å². The minimum atomic E-state index is -0.437. The lowest BCUT2D eigenvalue weighted by Gasteiger charge is -2.11. The molecule has 0 bridgehead atoms. The van der Waals surface area contributed by atoms with Crippen LogP contribution in [0.3, 0.4) is 0 Å². The van der Waals surface area contributed by atoms with Gasteiger partial charge in [-0.1, -0.05) is 12.1 Å². The van der Waals surface area contributed by atoms with E-state index in [2.05, 4.69) is 10.4 Å². The van der Waals surface area contributed by atoms with Gasteiger partial charge in [-0.3, -0.25) is 24.4 Å². The van der Waals surface area contributed by atoms with E-state index in [-0.39, 0.29) is 24.2 Å². The number of nitro groups is 1. The zero-order valence-electron chi connectivity index (χ0n) is 17.7. The summed E-state index contributed by atoms with van der Waals surface area (Å²) in [7, 11) is 0. The summed E-state index contributed by atoms with van der Waals surface area (Å²) in [4.78, 5) is 35.5. The van der Waals surface area contributed by atoms with Gasteiger partial charge >= 0.3 is 5.69 Å². The highest BCUT2D eigenvalue weighted by Crippen LogP contribution is 2.37. The van der Waals surface area contributed by atoms with E-state index < -0.39 is 4.92 Å². The third-order valence-electron chi connectivity index (χ3n) is 5.21. The van der Waals surface area contributed by atoms with Crippen molar-refractivity contribution in [2.75, 3.05) is 12.1 Å². The molecule has 32 heavy (non-hydrogen) atoms. The molecule has 0 aliphatic carbocycles. The third kappa shape index (κ3) is 3.89. The van der Waals surface area contributed by atoms with Gasteiger partial charge in [-0.15, -0.1) is 0 Å². The Hall–Kier alpha value is -4.21. The molecule has 10 heteroatoms. The molecule has 1 N–H and O–H groups in total. The highest BCUT2D eigenvalue weighted by atomic mass is 16.7. The predicted octanol–water partition coefficient (Wildman–Crippen LogP) is 3.64. The van der Waals surface area contributed by atoms with Gasteiger partial charge in [0.2, 0.25) is 6.79 Å². The molecule has 0 unspecified atom stereocenters. The molecule has 1 amide bonds. The number of carbonyl (C=O) groups is 2. The Balaban J connectivity index is 1.52. The van der Waals surface area contributed by atoms with Crippen LogP contribution in [0.25, 0.3) is 0 Å². The summed E-state index contributed by atoms with van der Waals surface area (Å²) in [6.07, 6.45) is 0. The van der Waals surface area contributed by atoms with Gasteiger partial charge in [0.05, 0.1) is 17.2 Å². The van der Waals surface area contributed by atoms with Crippen LogP contribution in [0.5, 0.6) is 11.5 Å². The Kier molecular flexibility index (Phi) is 5.35. The predicted molar refractivity (Wildman–Crippen MR) is 114 cm³/mol. The standard InChI is InChI=1S/C22H20N4O6/c1-12-21(26(29)30)13(2)25(24-12)10-15-4-6-16(7-5-15)22(28)23-18-9-20-19(31-11-32-20)8-17(18)14(3)27/h4-9H,10-11H2,1-3H3,(H,23,28). The maximum Gasteiger partial charge on any atom is 0.312 e. The van der Waals surface area contributed by atoms with Crippen LogP contribution in [0.15, 0.2) is 36.4 Å². The van der Waals surface area contributed by atoms with E-state index in [0.717, 1.165) is 5.56 Å². The van der Waals surface area contributed by atoms with Gasteiger partial charge in [0.25, 0.3) is 5.91 Å². The molecule has 4 rings (SSSR count). The first-order valence-corrected chi connectivity index (χ1v) is 9.78. The summed E-state index contributed by atoms with van der Waals surface area (Å²) in [5.41, 5.74) is 2.71. The Morgan fingerprint density at radius 2 is 1.81 bits per heavy atom. The maximum atomic E-state index is 12.7. The molecule has 2 heterocycles. The molecule has 3 aromatic rings. The molecule has 164 valence electrons. The second kappa shape index (κ2) is 8.14. The van der Waals surface area contributed by atoms with Gasteiger partial charge in [0.15, 0.2) is 17.3 Å². The zero-order valence-corrected chi connectivity index (χ0v) is 17.7. The van der Waals surface area contributed by atoms with E-state index in [1.54, 1.807) is 54.9 Å². The van der Waals surface area contributed by atoms with Crippen LogP contribution >= 0.6 is 0 Å². The average molecular weight is 436 g/mol. The van der Waals surface area contributed by atoms with E-state index in [9.17, 15) is 19.7 Å². The van der Waals surface area contributed by atoms with Crippen LogP contribution < -0.4 is 14.8 Å². The summed E-state index contributed by atoms with van der Waals surface area (Å²) in [5.74, 6) is 0.314. The summed E-state index contributed by atoms with van der Waals surface area (Å²) < 4.78 is 12.2. The van der Waals surface area contributed by atoms with E-state index in [1.807, 2.05) is 0 Å². The minimum absolute atomic E-state index is 0.00556. The number of amides is 1. The summed E-state index contributed by atoms with van der Waals surface area (Å²) in [6.45, 7) is 5.05. The number of nitrogens with zero attached hydrogens (tertiary/aromatic N) is 3. The summed E-state index contributed by atoms with van der Waals surface area (Å²) in [6, 6.07) is 9.92. The van der Waals surface area contributed by atoms with Crippen molar-refractivity contribution in [2.45, 2.75) is 27.3 Å². The number of aromatic nitrogens is 2. The van der Waals surface area contributed by atoms with Crippen LogP contribution in [0, 0.1) is 24.0 Å². The van der Waals surface area contributed by atoms with Crippen LogP contribution in [-0.2, 0) is 6.54 Å². The number of hydrogen-bond donors (Lipinski definition) is 1. The van der Waals surface area contributed by atoms with Crippen LogP contribution in [0.4, 0.5) is 11.4 Å². The van der Waals surface area contributed by atoms with E-state index in [0.29, 0.717) is 46.2 Å². The van der Waals surface area contributed by atoms with Crippen molar-refractivity contribution in [2.24, 2.45) is 0 Å². The fourth-order valence-corrected chi connectivity index (χ4v) is 3.57. The number of anilines is 1. The molecule has 0 fully saturated rings. The first-order valence-electron chi connectivity index (χ1n) is 9.78. The third-order valence-corrected chi connectivity index (χ3v) is 5.21. The lowest BCUT2D eigenvalue weighted by Crippen LogP contribution is -2.14.